The highest BCUT2D eigenvalue weighted by atomic mass is 127. The quantitative estimate of drug-likeness (QED) is 0.239. The number of nitrogens with zero attached hydrogens (tertiary/aromatic N) is 1. The highest BCUT2D eigenvalue weighted by molar-refractivity contribution is 14.1. The van der Waals surface area contributed by atoms with Crippen LogP contribution in [0, 0.1) is 17.7 Å². The zero-order valence-corrected chi connectivity index (χ0v) is 24.7. The number of halogens is 3. The van der Waals surface area contributed by atoms with Crippen LogP contribution in [0.1, 0.15) is 35.1 Å². The molecule has 1 aliphatic heterocycles. The number of morpholine rings is 1. The summed E-state index contributed by atoms with van der Waals surface area (Å²) < 4.78 is 25.0. The number of fused-ring (bicyclic) bond motifs is 4. The Balaban J connectivity index is 0.000000162. The molecule has 3 aliphatic carbocycles. The highest BCUT2D eigenvalue weighted by Crippen LogP contribution is 2.34. The third kappa shape index (κ3) is 7.14. The van der Waals surface area contributed by atoms with Crippen molar-refractivity contribution in [2.45, 2.75) is 44.6 Å². The molecule has 200 valence electrons. The Hall–Kier alpha value is -1.48. The molecule has 1 heterocycles. The number of allylic oxidation sites excluding steroid dienone is 2. The van der Waals surface area contributed by atoms with Gasteiger partial charge in [0, 0.05) is 48.3 Å². The second kappa shape index (κ2) is 14.1. The van der Waals surface area contributed by atoms with E-state index in [1.54, 1.807) is 6.07 Å². The molecule has 37 heavy (non-hydrogen) atoms. The fourth-order valence-electron chi connectivity index (χ4n) is 5.80. The maximum atomic E-state index is 13.6. The summed E-state index contributed by atoms with van der Waals surface area (Å²) >= 11 is 8.24. The first-order valence-electron chi connectivity index (χ1n) is 13.2. The molecule has 2 unspecified atom stereocenters. The molecule has 0 spiro atoms. The highest BCUT2D eigenvalue weighted by Gasteiger charge is 2.30. The average molecular weight is 639 g/mol. The van der Waals surface area contributed by atoms with E-state index in [4.69, 9.17) is 21.1 Å². The molecule has 2 aromatic carbocycles. The first-order chi connectivity index (χ1) is 18.1. The van der Waals surface area contributed by atoms with Crippen LogP contribution < -0.4 is 10.1 Å². The molecule has 0 radical (unpaired) electrons. The number of rotatable bonds is 3. The van der Waals surface area contributed by atoms with Gasteiger partial charge in [-0.15, -0.1) is 0 Å². The Morgan fingerprint density at radius 1 is 1.14 bits per heavy atom. The third-order valence-corrected chi connectivity index (χ3v) is 7.77. The number of benzene rings is 2. The van der Waals surface area contributed by atoms with E-state index < -0.39 is 0 Å². The van der Waals surface area contributed by atoms with E-state index in [2.05, 4.69) is 57.2 Å². The van der Waals surface area contributed by atoms with Crippen LogP contribution in [0.25, 0.3) is 0 Å². The standard InChI is InChI=1S/C15H16ClN.C14H18FNO2.CH3I/c1-17-15-11-3-2-4-12(15)8-13-9-14(16)6-5-10(13)7-11;15-13-4-5-14(12-3-1-2-11(12)13)18-9-10-8-16-6-7-17-10;1-2/h2,4-6,9,11-12H,3,7-8H2,1H3;4-5,10,16H,1-3,6-9H2;1H3/t;10-;/m.0./s1. The van der Waals surface area contributed by atoms with E-state index in [1.165, 1.54) is 22.9 Å². The molecule has 7 heteroatoms. The van der Waals surface area contributed by atoms with Crippen LogP contribution in [0.2, 0.25) is 5.02 Å². The van der Waals surface area contributed by atoms with Crippen molar-refractivity contribution in [1.82, 2.24) is 5.32 Å². The van der Waals surface area contributed by atoms with Gasteiger partial charge in [0.1, 0.15) is 24.3 Å². The number of hydrogen-bond acceptors (Lipinski definition) is 4. The normalized spacial score (nSPS) is 24.6. The van der Waals surface area contributed by atoms with Crippen LogP contribution in [-0.2, 0) is 30.4 Å². The van der Waals surface area contributed by atoms with Crippen LogP contribution in [0.5, 0.6) is 5.75 Å². The minimum Gasteiger partial charge on any atom is -0.491 e. The first kappa shape index (κ1) is 28.5. The second-order valence-electron chi connectivity index (χ2n) is 9.80. The summed E-state index contributed by atoms with van der Waals surface area (Å²) in [5.74, 6) is 1.82. The molecular weight excluding hydrogens is 602 g/mol. The fourth-order valence-corrected chi connectivity index (χ4v) is 5.99. The number of alkyl halides is 1. The first-order valence-corrected chi connectivity index (χ1v) is 15.7. The third-order valence-electron chi connectivity index (χ3n) is 7.53. The number of hydrogen-bond donors (Lipinski definition) is 1. The van der Waals surface area contributed by atoms with Crippen LogP contribution >= 0.6 is 34.2 Å². The van der Waals surface area contributed by atoms with Gasteiger partial charge in [0.25, 0.3) is 0 Å². The minimum atomic E-state index is -0.0922. The van der Waals surface area contributed by atoms with Crippen molar-refractivity contribution in [1.29, 1.82) is 0 Å². The van der Waals surface area contributed by atoms with E-state index in [9.17, 15) is 4.39 Å². The van der Waals surface area contributed by atoms with Crippen LogP contribution in [-0.4, -0.2) is 50.1 Å². The molecule has 0 aromatic heterocycles. The van der Waals surface area contributed by atoms with Gasteiger partial charge in [-0.1, -0.05) is 52.4 Å². The molecule has 3 atom stereocenters. The van der Waals surface area contributed by atoms with E-state index in [-0.39, 0.29) is 11.9 Å². The maximum Gasteiger partial charge on any atom is 0.126 e. The van der Waals surface area contributed by atoms with E-state index in [0.29, 0.717) is 18.4 Å². The largest absolute Gasteiger partial charge is 0.491 e. The van der Waals surface area contributed by atoms with Gasteiger partial charge in [-0.2, -0.15) is 0 Å². The zero-order valence-electron chi connectivity index (χ0n) is 21.7. The Morgan fingerprint density at radius 2 is 1.97 bits per heavy atom. The summed E-state index contributed by atoms with van der Waals surface area (Å²) in [6.07, 6.45) is 10.8. The van der Waals surface area contributed by atoms with E-state index in [1.807, 2.05) is 18.0 Å². The Kier molecular flexibility index (Phi) is 10.8. The van der Waals surface area contributed by atoms with Crippen LogP contribution in [0.3, 0.4) is 0 Å². The Labute approximate surface area is 239 Å². The molecule has 1 fully saturated rings. The van der Waals surface area contributed by atoms with E-state index in [0.717, 1.165) is 80.1 Å². The predicted octanol–water partition coefficient (Wildman–Crippen LogP) is 6.43. The minimum absolute atomic E-state index is 0.0922. The zero-order chi connectivity index (χ0) is 26.2. The van der Waals surface area contributed by atoms with Crippen molar-refractivity contribution < 1.29 is 13.9 Å². The summed E-state index contributed by atoms with van der Waals surface area (Å²) in [4.78, 5) is 6.50. The lowest BCUT2D eigenvalue weighted by atomic mass is 9.82. The molecule has 6 rings (SSSR count). The fraction of sp³-hybridized carbons (Fsp3) is 0.500. The monoisotopic (exact) mass is 638 g/mol. The summed E-state index contributed by atoms with van der Waals surface area (Å²) in [5, 5.41) is 4.11. The van der Waals surface area contributed by atoms with Gasteiger partial charge in [0.2, 0.25) is 0 Å². The van der Waals surface area contributed by atoms with Gasteiger partial charge in [-0.3, -0.25) is 4.99 Å². The summed E-state index contributed by atoms with van der Waals surface area (Å²) in [6, 6.07) is 9.57. The molecule has 4 aliphatic rings. The van der Waals surface area contributed by atoms with Gasteiger partial charge in [0.05, 0.1) is 6.61 Å². The number of nitrogens with one attached hydrogen (secondary N) is 1. The summed E-state index contributed by atoms with van der Waals surface area (Å²) in [6.45, 7) is 2.99. The lowest BCUT2D eigenvalue weighted by Gasteiger charge is -2.24. The van der Waals surface area contributed by atoms with Crippen molar-refractivity contribution >= 4 is 39.9 Å². The van der Waals surface area contributed by atoms with Crippen molar-refractivity contribution in [2.24, 2.45) is 16.8 Å². The van der Waals surface area contributed by atoms with Crippen molar-refractivity contribution in [2.75, 3.05) is 38.3 Å². The second-order valence-corrected chi connectivity index (χ2v) is 10.2. The van der Waals surface area contributed by atoms with E-state index >= 15 is 0 Å². The van der Waals surface area contributed by atoms with Gasteiger partial charge in [-0.05, 0) is 84.4 Å². The molecule has 0 amide bonds. The van der Waals surface area contributed by atoms with Crippen LogP contribution in [0.15, 0.2) is 47.5 Å². The van der Waals surface area contributed by atoms with Gasteiger partial charge in [-0.25, -0.2) is 4.39 Å². The molecule has 0 saturated carbocycles. The smallest absolute Gasteiger partial charge is 0.126 e. The molecule has 1 N–H and O–H groups in total. The topological polar surface area (TPSA) is 42.8 Å². The summed E-state index contributed by atoms with van der Waals surface area (Å²) in [7, 11) is 1.93. The Morgan fingerprint density at radius 3 is 2.76 bits per heavy atom. The van der Waals surface area contributed by atoms with Gasteiger partial charge >= 0.3 is 0 Å². The molecule has 4 nitrogen and oxygen atoms in total. The molecule has 2 bridgehead atoms. The average Bonchev–Trinajstić information content (AvgIpc) is 3.41. The molecular formula is C30H37ClFIN2O2. The number of ether oxygens (including phenoxy) is 2. The number of aliphatic imine (C=N–C) groups is 1. The van der Waals surface area contributed by atoms with Crippen molar-refractivity contribution in [3.63, 3.8) is 0 Å². The molecule has 1 saturated heterocycles. The lowest BCUT2D eigenvalue weighted by molar-refractivity contribution is 0.0000136. The lowest BCUT2D eigenvalue weighted by Crippen LogP contribution is -2.41. The SMILES string of the molecule is CI.CN=C1C2C=CCC1Cc1ccc(Cl)cc1C2.Fc1ccc(OC[C@@H]2CNCCO2)c2c1CCC2. The van der Waals surface area contributed by atoms with Crippen LogP contribution in [0.4, 0.5) is 4.39 Å². The van der Waals surface area contributed by atoms with Crippen molar-refractivity contribution in [3.8, 4) is 5.75 Å². The molecule has 2 aromatic rings. The maximum absolute atomic E-state index is 13.6. The Bertz CT molecular complexity index is 1120. The van der Waals surface area contributed by atoms with Crippen molar-refractivity contribution in [3.05, 3.63) is 75.6 Å². The predicted molar refractivity (Wildman–Crippen MR) is 159 cm³/mol. The summed E-state index contributed by atoms with van der Waals surface area (Å²) in [5.41, 5.74) is 6.12. The van der Waals surface area contributed by atoms with Gasteiger partial charge in [0.15, 0.2) is 0 Å². The van der Waals surface area contributed by atoms with Gasteiger partial charge < -0.3 is 14.8 Å².